The van der Waals surface area contributed by atoms with E-state index in [1.807, 2.05) is 30.3 Å². The van der Waals surface area contributed by atoms with Crippen molar-refractivity contribution in [2.75, 3.05) is 0 Å². The Morgan fingerprint density at radius 1 is 1.13 bits per heavy atom. The molecule has 3 rings (SSSR count). The van der Waals surface area contributed by atoms with Crippen LogP contribution in [0.15, 0.2) is 51.9 Å². The van der Waals surface area contributed by atoms with E-state index in [-0.39, 0.29) is 11.2 Å². The van der Waals surface area contributed by atoms with Crippen molar-refractivity contribution < 1.29 is 4.79 Å². The van der Waals surface area contributed by atoms with Gasteiger partial charge in [0.15, 0.2) is 5.17 Å². The zero-order valence-electron chi connectivity index (χ0n) is 11.7. The minimum atomic E-state index is -0.221. The third-order valence-electron chi connectivity index (χ3n) is 3.24. The summed E-state index contributed by atoms with van der Waals surface area (Å²) in [6.07, 6.45) is 0.576. The van der Waals surface area contributed by atoms with Crippen LogP contribution in [0.25, 0.3) is 0 Å². The summed E-state index contributed by atoms with van der Waals surface area (Å²) in [5, 5.41) is 4.22. The van der Waals surface area contributed by atoms with Gasteiger partial charge in [-0.2, -0.15) is 0 Å². The summed E-state index contributed by atoms with van der Waals surface area (Å²) in [5.74, 6) is -0.0445. The fourth-order valence-corrected chi connectivity index (χ4v) is 3.72. The van der Waals surface area contributed by atoms with Crippen molar-refractivity contribution in [1.29, 1.82) is 0 Å². The lowest BCUT2D eigenvalue weighted by Crippen LogP contribution is -2.25. The molecule has 1 saturated heterocycles. The van der Waals surface area contributed by atoms with E-state index in [1.165, 1.54) is 11.8 Å². The Balaban J connectivity index is 1.72. The van der Waals surface area contributed by atoms with Gasteiger partial charge in [0.2, 0.25) is 5.91 Å². The van der Waals surface area contributed by atoms with Crippen molar-refractivity contribution in [2.45, 2.75) is 11.7 Å². The van der Waals surface area contributed by atoms with Gasteiger partial charge in [-0.25, -0.2) is 4.99 Å². The summed E-state index contributed by atoms with van der Waals surface area (Å²) < 4.78 is 0.988. The predicted molar refractivity (Wildman–Crippen MR) is 101 cm³/mol. The fraction of sp³-hybridized carbons (Fsp3) is 0.125. The van der Waals surface area contributed by atoms with Crippen molar-refractivity contribution in [1.82, 2.24) is 5.32 Å². The molecule has 7 heteroatoms. The van der Waals surface area contributed by atoms with Gasteiger partial charge in [0.25, 0.3) is 0 Å². The maximum Gasteiger partial charge on any atom is 0.239 e. The van der Waals surface area contributed by atoms with Crippen molar-refractivity contribution in [3.05, 3.63) is 62.5 Å². The molecule has 1 fully saturated rings. The largest absolute Gasteiger partial charge is 0.304 e. The van der Waals surface area contributed by atoms with Gasteiger partial charge < -0.3 is 5.32 Å². The van der Waals surface area contributed by atoms with E-state index >= 15 is 0 Å². The molecule has 1 heterocycles. The molecule has 1 aliphatic heterocycles. The topological polar surface area (TPSA) is 41.5 Å². The number of benzene rings is 2. The first-order valence-electron chi connectivity index (χ1n) is 6.77. The first-order valence-corrected chi connectivity index (χ1v) is 9.20. The minimum absolute atomic E-state index is 0.0445. The lowest BCUT2D eigenvalue weighted by Gasteiger charge is -2.06. The Labute approximate surface area is 156 Å². The summed E-state index contributed by atoms with van der Waals surface area (Å²) in [6, 6.07) is 13.0. The quantitative estimate of drug-likeness (QED) is 0.726. The van der Waals surface area contributed by atoms with Crippen LogP contribution in [-0.4, -0.2) is 16.3 Å². The van der Waals surface area contributed by atoms with Crippen LogP contribution in [0.3, 0.4) is 0 Å². The molecule has 0 bridgehead atoms. The summed E-state index contributed by atoms with van der Waals surface area (Å²) in [7, 11) is 0. The Morgan fingerprint density at radius 3 is 2.57 bits per heavy atom. The van der Waals surface area contributed by atoms with Gasteiger partial charge in [-0.1, -0.05) is 57.0 Å². The molecule has 0 aromatic heterocycles. The van der Waals surface area contributed by atoms with Crippen LogP contribution in [0.2, 0.25) is 10.0 Å². The molecule has 3 nitrogen and oxygen atoms in total. The summed E-state index contributed by atoms with van der Waals surface area (Å²) >= 11 is 16.7. The van der Waals surface area contributed by atoms with Gasteiger partial charge in [0, 0.05) is 4.47 Å². The van der Waals surface area contributed by atoms with Crippen LogP contribution in [0.5, 0.6) is 0 Å². The minimum Gasteiger partial charge on any atom is -0.304 e. The molecule has 23 heavy (non-hydrogen) atoms. The van der Waals surface area contributed by atoms with Gasteiger partial charge in [0.1, 0.15) is 0 Å². The Kier molecular flexibility index (Phi) is 5.31. The highest BCUT2D eigenvalue weighted by Gasteiger charge is 2.30. The predicted octanol–water partition coefficient (Wildman–Crippen LogP) is 5.22. The Hall–Kier alpha value is -1.01. The molecule has 1 aliphatic rings. The second-order valence-corrected chi connectivity index (χ2v) is 7.86. The number of amidine groups is 1. The molecule has 1 unspecified atom stereocenters. The monoisotopic (exact) mass is 428 g/mol. The number of amides is 1. The summed E-state index contributed by atoms with van der Waals surface area (Å²) in [5.41, 5.74) is 1.77. The molecule has 118 valence electrons. The van der Waals surface area contributed by atoms with E-state index in [2.05, 4.69) is 26.2 Å². The van der Waals surface area contributed by atoms with Gasteiger partial charge in [0.05, 0.1) is 21.0 Å². The zero-order chi connectivity index (χ0) is 16.4. The molecule has 2 aromatic rings. The number of carbonyl (C=O) groups excluding carboxylic acids is 1. The Bertz CT molecular complexity index is 780. The molecular weight excluding hydrogens is 419 g/mol. The second kappa shape index (κ2) is 7.26. The van der Waals surface area contributed by atoms with E-state index in [1.54, 1.807) is 12.1 Å². The van der Waals surface area contributed by atoms with Crippen molar-refractivity contribution >= 4 is 67.7 Å². The number of thioether (sulfide) groups is 1. The molecule has 1 atom stereocenters. The van der Waals surface area contributed by atoms with Gasteiger partial charge >= 0.3 is 0 Å². The maximum atomic E-state index is 12.1. The van der Waals surface area contributed by atoms with Gasteiger partial charge in [-0.05, 0) is 48.4 Å². The number of rotatable bonds is 3. The number of halogens is 3. The first kappa shape index (κ1) is 16.8. The highest BCUT2D eigenvalue weighted by Crippen LogP contribution is 2.28. The summed E-state index contributed by atoms with van der Waals surface area (Å²) in [4.78, 5) is 16.6. The molecular formula is C16H11BrCl2N2OS. The van der Waals surface area contributed by atoms with E-state index in [9.17, 15) is 4.79 Å². The van der Waals surface area contributed by atoms with Crippen molar-refractivity contribution in [3.63, 3.8) is 0 Å². The summed E-state index contributed by atoms with van der Waals surface area (Å²) in [6.45, 7) is 0. The number of nitrogens with zero attached hydrogens (tertiary/aromatic N) is 1. The van der Waals surface area contributed by atoms with Crippen LogP contribution in [0.4, 0.5) is 5.69 Å². The third-order valence-corrected chi connectivity index (χ3v) is 5.59. The van der Waals surface area contributed by atoms with Crippen LogP contribution in [-0.2, 0) is 11.2 Å². The highest BCUT2D eigenvalue weighted by atomic mass is 79.9. The number of hydrogen-bond donors (Lipinski definition) is 1. The normalized spacial score (nSPS) is 19.2. The lowest BCUT2D eigenvalue weighted by molar-refractivity contribution is -0.118. The number of carbonyl (C=O) groups is 1. The average Bonchev–Trinajstić information content (AvgIpc) is 2.85. The molecule has 1 amide bonds. The highest BCUT2D eigenvalue weighted by molar-refractivity contribution is 9.10. The van der Waals surface area contributed by atoms with Crippen molar-refractivity contribution in [3.8, 4) is 0 Å². The van der Waals surface area contributed by atoms with Crippen molar-refractivity contribution in [2.24, 2.45) is 4.99 Å². The molecule has 1 N–H and O–H groups in total. The molecule has 0 saturated carbocycles. The van der Waals surface area contributed by atoms with Crippen LogP contribution < -0.4 is 5.32 Å². The smallest absolute Gasteiger partial charge is 0.239 e. The van der Waals surface area contributed by atoms with Crippen LogP contribution in [0, 0.1) is 0 Å². The SMILES string of the molecule is O=C1NC(=Nc2ccc(Br)cc2)SC1Cc1ccc(Cl)c(Cl)c1. The lowest BCUT2D eigenvalue weighted by atomic mass is 10.1. The fourth-order valence-electron chi connectivity index (χ4n) is 2.11. The van der Waals surface area contributed by atoms with E-state index in [4.69, 9.17) is 23.2 Å². The van der Waals surface area contributed by atoms with E-state index < -0.39 is 0 Å². The van der Waals surface area contributed by atoms with Crippen LogP contribution in [0.1, 0.15) is 5.56 Å². The second-order valence-electron chi connectivity index (χ2n) is 4.94. The van der Waals surface area contributed by atoms with E-state index in [0.29, 0.717) is 21.6 Å². The maximum absolute atomic E-state index is 12.1. The van der Waals surface area contributed by atoms with Crippen LogP contribution >= 0.6 is 50.9 Å². The third kappa shape index (κ3) is 4.29. The number of aliphatic imine (C=N–C) groups is 1. The molecule has 0 radical (unpaired) electrons. The zero-order valence-corrected chi connectivity index (χ0v) is 15.6. The molecule has 0 aliphatic carbocycles. The first-order chi connectivity index (χ1) is 11.0. The molecule has 2 aromatic carbocycles. The van der Waals surface area contributed by atoms with Gasteiger partial charge in [-0.3, -0.25) is 4.79 Å². The molecule has 0 spiro atoms. The Morgan fingerprint density at radius 2 is 1.87 bits per heavy atom. The average molecular weight is 430 g/mol. The number of hydrogen-bond acceptors (Lipinski definition) is 3. The number of nitrogens with one attached hydrogen (secondary N) is 1. The standard InChI is InChI=1S/C16H11BrCl2N2OS/c17-10-2-4-11(5-3-10)20-16-21-15(22)14(23-16)8-9-1-6-12(18)13(19)7-9/h1-7,14H,8H2,(H,20,21,22). The van der Waals surface area contributed by atoms with E-state index in [0.717, 1.165) is 15.7 Å². The van der Waals surface area contributed by atoms with Gasteiger partial charge in [-0.15, -0.1) is 0 Å².